The first kappa shape index (κ1) is 12.0. The van der Waals surface area contributed by atoms with Gasteiger partial charge in [0.25, 0.3) is 0 Å². The van der Waals surface area contributed by atoms with E-state index in [1.807, 2.05) is 6.92 Å². The van der Waals surface area contributed by atoms with Crippen LogP contribution in [-0.2, 0) is 10.0 Å². The van der Waals surface area contributed by atoms with Gasteiger partial charge < -0.3 is 9.47 Å². The number of benzene rings is 1. The monoisotopic (exact) mass is 257 g/mol. The minimum atomic E-state index is -3.26. The van der Waals surface area contributed by atoms with Gasteiger partial charge in [-0.25, -0.2) is 8.42 Å². The van der Waals surface area contributed by atoms with Crippen molar-refractivity contribution in [1.29, 1.82) is 0 Å². The average Bonchev–Trinajstić information content (AvgIpc) is 2.28. The third kappa shape index (κ3) is 3.03. The fourth-order valence-electron chi connectivity index (χ4n) is 1.61. The molecule has 2 rings (SSSR count). The van der Waals surface area contributed by atoms with Crippen LogP contribution < -0.4 is 14.2 Å². The molecule has 1 aliphatic rings. The summed E-state index contributed by atoms with van der Waals surface area (Å²) in [6.07, 6.45) is 0.583. The van der Waals surface area contributed by atoms with Gasteiger partial charge in [0.1, 0.15) is 13.2 Å². The smallest absolute Gasteiger partial charge is 0.232 e. The van der Waals surface area contributed by atoms with Crippen LogP contribution in [0.1, 0.15) is 13.3 Å². The van der Waals surface area contributed by atoms with Crippen molar-refractivity contribution < 1.29 is 17.9 Å². The summed E-state index contributed by atoms with van der Waals surface area (Å²) >= 11 is 0. The minimum absolute atomic E-state index is 0.113. The molecule has 1 aromatic carbocycles. The summed E-state index contributed by atoms with van der Waals surface area (Å²) in [5.41, 5.74) is 0.503. The Morgan fingerprint density at radius 2 is 1.94 bits per heavy atom. The summed E-state index contributed by atoms with van der Waals surface area (Å²) in [6.45, 7) is 2.83. The number of nitrogens with one attached hydrogen (secondary N) is 1. The second kappa shape index (κ2) is 4.83. The molecule has 0 saturated heterocycles. The van der Waals surface area contributed by atoms with Crippen LogP contribution in [0.25, 0.3) is 0 Å². The first-order chi connectivity index (χ1) is 8.11. The molecule has 0 saturated carbocycles. The molecule has 0 amide bonds. The lowest BCUT2D eigenvalue weighted by atomic mass is 10.3. The number of ether oxygens (including phenoxy) is 2. The van der Waals surface area contributed by atoms with Crippen LogP contribution in [0.15, 0.2) is 18.2 Å². The first-order valence-corrected chi connectivity index (χ1v) is 7.16. The van der Waals surface area contributed by atoms with E-state index >= 15 is 0 Å². The molecule has 1 N–H and O–H groups in total. The number of fused-ring (bicyclic) bond motifs is 1. The maximum atomic E-state index is 11.6. The van der Waals surface area contributed by atoms with E-state index < -0.39 is 10.0 Å². The highest BCUT2D eigenvalue weighted by atomic mass is 32.2. The molecule has 1 heterocycles. The second-order valence-corrected chi connectivity index (χ2v) is 5.62. The Hall–Kier alpha value is -1.43. The maximum absolute atomic E-state index is 11.6. The van der Waals surface area contributed by atoms with Crippen molar-refractivity contribution in [1.82, 2.24) is 0 Å². The fourth-order valence-corrected chi connectivity index (χ4v) is 2.73. The predicted molar refractivity (Wildman–Crippen MR) is 65.1 cm³/mol. The minimum Gasteiger partial charge on any atom is -0.486 e. The van der Waals surface area contributed by atoms with Gasteiger partial charge in [0, 0.05) is 6.07 Å². The summed E-state index contributed by atoms with van der Waals surface area (Å²) in [6, 6.07) is 5.01. The lowest BCUT2D eigenvalue weighted by Crippen LogP contribution is -2.18. The van der Waals surface area contributed by atoms with Crippen LogP contribution in [0.2, 0.25) is 0 Å². The summed E-state index contributed by atoms with van der Waals surface area (Å²) in [7, 11) is -3.26. The van der Waals surface area contributed by atoms with Gasteiger partial charge in [-0.05, 0) is 18.6 Å². The molecule has 1 aromatic rings. The lowest BCUT2D eigenvalue weighted by Gasteiger charge is -2.19. The van der Waals surface area contributed by atoms with Gasteiger partial charge in [0.2, 0.25) is 10.0 Å². The van der Waals surface area contributed by atoms with Gasteiger partial charge >= 0.3 is 0 Å². The van der Waals surface area contributed by atoms with E-state index in [-0.39, 0.29) is 5.75 Å². The van der Waals surface area contributed by atoms with Crippen molar-refractivity contribution in [2.45, 2.75) is 13.3 Å². The van der Waals surface area contributed by atoms with Crippen LogP contribution in [-0.4, -0.2) is 27.4 Å². The van der Waals surface area contributed by atoms with Crippen molar-refractivity contribution in [2.24, 2.45) is 0 Å². The molecule has 1 aliphatic heterocycles. The highest BCUT2D eigenvalue weighted by molar-refractivity contribution is 7.92. The van der Waals surface area contributed by atoms with Gasteiger partial charge in [0.15, 0.2) is 11.5 Å². The van der Waals surface area contributed by atoms with Crippen molar-refractivity contribution >= 4 is 15.7 Å². The molecule has 0 spiro atoms. The van der Waals surface area contributed by atoms with Crippen LogP contribution in [0.4, 0.5) is 5.69 Å². The molecular formula is C11H15NO4S. The molecule has 0 aliphatic carbocycles. The molecule has 0 fully saturated rings. The van der Waals surface area contributed by atoms with E-state index in [0.29, 0.717) is 36.8 Å². The summed E-state index contributed by atoms with van der Waals surface area (Å²) in [5.74, 6) is 1.34. The van der Waals surface area contributed by atoms with Crippen LogP contribution in [0, 0.1) is 0 Å². The van der Waals surface area contributed by atoms with E-state index in [1.54, 1.807) is 18.2 Å². The lowest BCUT2D eigenvalue weighted by molar-refractivity contribution is 0.171. The second-order valence-electron chi connectivity index (χ2n) is 3.78. The molecule has 94 valence electrons. The van der Waals surface area contributed by atoms with E-state index in [0.717, 1.165) is 0 Å². The zero-order chi connectivity index (χ0) is 12.3. The zero-order valence-corrected chi connectivity index (χ0v) is 10.4. The SMILES string of the molecule is CCCS(=O)(=O)Nc1ccc2c(c1)OCCO2. The van der Waals surface area contributed by atoms with E-state index in [9.17, 15) is 8.42 Å². The first-order valence-electron chi connectivity index (χ1n) is 5.51. The predicted octanol–water partition coefficient (Wildman–Crippen LogP) is 1.61. The molecule has 6 heteroatoms. The molecule has 17 heavy (non-hydrogen) atoms. The number of sulfonamides is 1. The fraction of sp³-hybridized carbons (Fsp3) is 0.455. The third-order valence-electron chi connectivity index (χ3n) is 2.29. The van der Waals surface area contributed by atoms with Crippen molar-refractivity contribution in [3.05, 3.63) is 18.2 Å². The molecule has 0 aromatic heterocycles. The highest BCUT2D eigenvalue weighted by Crippen LogP contribution is 2.32. The number of hydrogen-bond acceptors (Lipinski definition) is 4. The van der Waals surface area contributed by atoms with E-state index in [4.69, 9.17) is 9.47 Å². The van der Waals surface area contributed by atoms with Crippen LogP contribution in [0.5, 0.6) is 11.5 Å². The van der Waals surface area contributed by atoms with Gasteiger partial charge in [-0.1, -0.05) is 6.92 Å². The van der Waals surface area contributed by atoms with Crippen molar-refractivity contribution in [2.75, 3.05) is 23.7 Å². The van der Waals surface area contributed by atoms with Gasteiger partial charge in [0.05, 0.1) is 11.4 Å². The molecule has 0 radical (unpaired) electrons. The Labute approximate surface area is 101 Å². The van der Waals surface area contributed by atoms with Gasteiger partial charge in [-0.3, -0.25) is 4.72 Å². The van der Waals surface area contributed by atoms with Crippen LogP contribution in [0.3, 0.4) is 0 Å². The molecule has 5 nitrogen and oxygen atoms in total. The number of hydrogen-bond donors (Lipinski definition) is 1. The van der Waals surface area contributed by atoms with Crippen LogP contribution >= 0.6 is 0 Å². The molecule has 0 atom stereocenters. The Morgan fingerprint density at radius 1 is 1.24 bits per heavy atom. The summed E-state index contributed by atoms with van der Waals surface area (Å²) in [5, 5.41) is 0. The van der Waals surface area contributed by atoms with Crippen molar-refractivity contribution in [3.63, 3.8) is 0 Å². The molecule has 0 unspecified atom stereocenters. The van der Waals surface area contributed by atoms with Crippen molar-refractivity contribution in [3.8, 4) is 11.5 Å². The Bertz CT molecular complexity index is 498. The Kier molecular flexibility index (Phi) is 3.42. The summed E-state index contributed by atoms with van der Waals surface area (Å²) < 4.78 is 36.4. The third-order valence-corrected chi connectivity index (χ3v) is 3.78. The highest BCUT2D eigenvalue weighted by Gasteiger charge is 2.14. The zero-order valence-electron chi connectivity index (χ0n) is 9.60. The quantitative estimate of drug-likeness (QED) is 0.890. The van der Waals surface area contributed by atoms with E-state index in [1.165, 1.54) is 0 Å². The number of rotatable bonds is 4. The standard InChI is InChI=1S/C11H15NO4S/c1-2-7-17(13,14)12-9-3-4-10-11(8-9)16-6-5-15-10/h3-4,8,12H,2,5-7H2,1H3. The Morgan fingerprint density at radius 3 is 2.65 bits per heavy atom. The van der Waals surface area contributed by atoms with E-state index in [2.05, 4.69) is 4.72 Å². The summed E-state index contributed by atoms with van der Waals surface area (Å²) in [4.78, 5) is 0. The average molecular weight is 257 g/mol. The Balaban J connectivity index is 2.17. The normalized spacial score (nSPS) is 14.4. The molecule has 0 bridgehead atoms. The molecular weight excluding hydrogens is 242 g/mol. The largest absolute Gasteiger partial charge is 0.486 e. The maximum Gasteiger partial charge on any atom is 0.232 e. The number of anilines is 1. The topological polar surface area (TPSA) is 64.6 Å². The van der Waals surface area contributed by atoms with Gasteiger partial charge in [-0.2, -0.15) is 0 Å². The van der Waals surface area contributed by atoms with Gasteiger partial charge in [-0.15, -0.1) is 0 Å².